The highest BCUT2D eigenvalue weighted by atomic mass is 32.2. The molecule has 0 radical (unpaired) electrons. The van der Waals surface area contributed by atoms with Gasteiger partial charge >= 0.3 is 0 Å². The molecule has 0 fully saturated rings. The Bertz CT molecular complexity index is 669. The number of aryl methyl sites for hydroxylation is 2. The van der Waals surface area contributed by atoms with Gasteiger partial charge < -0.3 is 9.73 Å². The average Bonchev–Trinajstić information content (AvgIpc) is 2.78. The molecule has 0 aliphatic carbocycles. The predicted octanol–water partition coefficient (Wildman–Crippen LogP) is 3.28. The van der Waals surface area contributed by atoms with Crippen LogP contribution in [0.5, 0.6) is 0 Å². The predicted molar refractivity (Wildman–Crippen MR) is 81.1 cm³/mol. The lowest BCUT2D eigenvalue weighted by atomic mass is 10.2. The van der Waals surface area contributed by atoms with Gasteiger partial charge in [0.25, 0.3) is 5.22 Å². The van der Waals surface area contributed by atoms with Crippen LogP contribution in [-0.2, 0) is 4.79 Å². The third kappa shape index (κ3) is 4.36. The maximum absolute atomic E-state index is 11.8. The van der Waals surface area contributed by atoms with E-state index in [0.717, 1.165) is 11.5 Å². The van der Waals surface area contributed by atoms with Crippen molar-refractivity contribution in [1.29, 1.82) is 5.26 Å². The normalized spacial score (nSPS) is 10.1. The molecule has 1 aromatic carbocycles. The molecule has 6 heteroatoms. The molecule has 2 aromatic rings. The summed E-state index contributed by atoms with van der Waals surface area (Å²) in [6, 6.07) is 8.87. The number of carbonyl (C=O) groups excluding carboxylic acids is 1. The first-order valence-electron chi connectivity index (χ1n) is 6.45. The lowest BCUT2D eigenvalue weighted by Gasteiger charge is -2.04. The zero-order valence-electron chi connectivity index (χ0n) is 11.8. The van der Waals surface area contributed by atoms with Crippen molar-refractivity contribution >= 4 is 23.4 Å². The van der Waals surface area contributed by atoms with Crippen LogP contribution < -0.4 is 5.32 Å². The van der Waals surface area contributed by atoms with Gasteiger partial charge in [-0.3, -0.25) is 4.79 Å². The van der Waals surface area contributed by atoms with Crippen LogP contribution in [0.25, 0.3) is 0 Å². The largest absolute Gasteiger partial charge is 0.437 e. The molecule has 2 rings (SSSR count). The van der Waals surface area contributed by atoms with Gasteiger partial charge in [0.05, 0.1) is 17.3 Å². The number of anilines is 1. The van der Waals surface area contributed by atoms with Crippen molar-refractivity contribution in [2.45, 2.75) is 25.5 Å². The van der Waals surface area contributed by atoms with Crippen LogP contribution in [0.15, 0.2) is 33.9 Å². The summed E-state index contributed by atoms with van der Waals surface area (Å²) >= 11 is 1.41. The van der Waals surface area contributed by atoms with Gasteiger partial charge in [0.2, 0.25) is 5.91 Å². The van der Waals surface area contributed by atoms with Gasteiger partial charge in [0, 0.05) is 17.9 Å². The van der Waals surface area contributed by atoms with Crippen molar-refractivity contribution < 1.29 is 9.21 Å². The molecule has 0 spiro atoms. The summed E-state index contributed by atoms with van der Waals surface area (Å²) in [5.41, 5.74) is 2.02. The summed E-state index contributed by atoms with van der Waals surface area (Å²) in [6.07, 6.45) is 0.349. The van der Waals surface area contributed by atoms with Crippen LogP contribution in [0.3, 0.4) is 0 Å². The molecule has 0 saturated carbocycles. The second kappa shape index (κ2) is 6.95. The molecule has 0 aliphatic heterocycles. The molecule has 0 saturated heterocycles. The monoisotopic (exact) mass is 301 g/mol. The number of nitrogens with one attached hydrogen (secondary N) is 1. The smallest absolute Gasteiger partial charge is 0.256 e. The third-order valence-electron chi connectivity index (χ3n) is 2.84. The van der Waals surface area contributed by atoms with Crippen LogP contribution in [-0.4, -0.2) is 16.6 Å². The van der Waals surface area contributed by atoms with Crippen molar-refractivity contribution in [3.05, 3.63) is 41.3 Å². The number of amides is 1. The molecule has 1 amide bonds. The molecule has 1 N–H and O–H groups in total. The van der Waals surface area contributed by atoms with Crippen molar-refractivity contribution in [2.75, 3.05) is 11.1 Å². The number of hydrogen-bond acceptors (Lipinski definition) is 5. The second-order valence-corrected chi connectivity index (χ2v) is 5.51. The number of benzene rings is 1. The van der Waals surface area contributed by atoms with E-state index in [-0.39, 0.29) is 5.91 Å². The SMILES string of the molecule is Cc1nc(SCCC(=O)Nc2cccc(C#N)c2)oc1C. The number of aromatic nitrogens is 1. The summed E-state index contributed by atoms with van der Waals surface area (Å²) in [7, 11) is 0. The van der Waals surface area contributed by atoms with Crippen molar-refractivity contribution in [3.63, 3.8) is 0 Å². The zero-order chi connectivity index (χ0) is 15.2. The van der Waals surface area contributed by atoms with Crippen LogP contribution in [0.4, 0.5) is 5.69 Å². The number of nitriles is 1. The van der Waals surface area contributed by atoms with E-state index in [1.165, 1.54) is 11.8 Å². The van der Waals surface area contributed by atoms with E-state index < -0.39 is 0 Å². The van der Waals surface area contributed by atoms with E-state index in [1.54, 1.807) is 24.3 Å². The van der Waals surface area contributed by atoms with E-state index in [1.807, 2.05) is 19.9 Å². The summed E-state index contributed by atoms with van der Waals surface area (Å²) in [5.74, 6) is 1.29. The Balaban J connectivity index is 1.81. The lowest BCUT2D eigenvalue weighted by molar-refractivity contribution is -0.115. The summed E-state index contributed by atoms with van der Waals surface area (Å²) < 4.78 is 5.43. The molecule has 0 atom stereocenters. The molecule has 108 valence electrons. The first-order chi connectivity index (χ1) is 10.1. The van der Waals surface area contributed by atoms with Crippen LogP contribution in [0, 0.1) is 25.2 Å². The molecule has 1 aromatic heterocycles. The van der Waals surface area contributed by atoms with Crippen molar-refractivity contribution in [1.82, 2.24) is 4.98 Å². The first-order valence-corrected chi connectivity index (χ1v) is 7.44. The minimum Gasteiger partial charge on any atom is -0.437 e. The maximum Gasteiger partial charge on any atom is 0.256 e. The average molecular weight is 301 g/mol. The van der Waals surface area contributed by atoms with E-state index >= 15 is 0 Å². The Kier molecular flexibility index (Phi) is 5.01. The number of carbonyl (C=O) groups is 1. The molecule has 0 aliphatic rings. The third-order valence-corrected chi connectivity index (χ3v) is 3.67. The standard InChI is InChI=1S/C15H15N3O2S/c1-10-11(2)20-15(17-10)21-7-6-14(19)18-13-5-3-4-12(8-13)9-16/h3-5,8H,6-7H2,1-2H3,(H,18,19). The highest BCUT2D eigenvalue weighted by molar-refractivity contribution is 7.99. The number of hydrogen-bond donors (Lipinski definition) is 1. The Morgan fingerprint density at radius 2 is 2.29 bits per heavy atom. The fourth-order valence-electron chi connectivity index (χ4n) is 1.63. The molecule has 21 heavy (non-hydrogen) atoms. The molecule has 5 nitrogen and oxygen atoms in total. The Morgan fingerprint density at radius 1 is 1.48 bits per heavy atom. The van der Waals surface area contributed by atoms with Gasteiger partial charge in [-0.05, 0) is 32.0 Å². The van der Waals surface area contributed by atoms with Crippen LogP contribution in [0.2, 0.25) is 0 Å². The molecule has 1 heterocycles. The van der Waals surface area contributed by atoms with Gasteiger partial charge in [0.15, 0.2) is 0 Å². The fraction of sp³-hybridized carbons (Fsp3) is 0.267. The highest BCUT2D eigenvalue weighted by Crippen LogP contribution is 2.21. The van der Waals surface area contributed by atoms with Crippen molar-refractivity contribution in [2.24, 2.45) is 0 Å². The van der Waals surface area contributed by atoms with E-state index in [2.05, 4.69) is 10.3 Å². The van der Waals surface area contributed by atoms with Gasteiger partial charge in [-0.15, -0.1) is 0 Å². The zero-order valence-corrected chi connectivity index (χ0v) is 12.7. The summed E-state index contributed by atoms with van der Waals surface area (Å²) in [5, 5.41) is 12.2. The minimum absolute atomic E-state index is 0.0995. The van der Waals surface area contributed by atoms with Gasteiger partial charge in [-0.25, -0.2) is 4.98 Å². The van der Waals surface area contributed by atoms with Crippen LogP contribution >= 0.6 is 11.8 Å². The van der Waals surface area contributed by atoms with Crippen LogP contribution in [0.1, 0.15) is 23.4 Å². The number of thioether (sulfide) groups is 1. The maximum atomic E-state index is 11.8. The minimum atomic E-state index is -0.0995. The summed E-state index contributed by atoms with van der Waals surface area (Å²) in [6.45, 7) is 3.75. The van der Waals surface area contributed by atoms with Gasteiger partial charge in [0.1, 0.15) is 5.76 Å². The Hall–Kier alpha value is -2.26. The van der Waals surface area contributed by atoms with E-state index in [4.69, 9.17) is 9.68 Å². The molecule has 0 unspecified atom stereocenters. The highest BCUT2D eigenvalue weighted by Gasteiger charge is 2.08. The molecular weight excluding hydrogens is 286 g/mol. The number of oxazole rings is 1. The van der Waals surface area contributed by atoms with E-state index in [9.17, 15) is 4.79 Å². The first kappa shape index (κ1) is 15.1. The molecular formula is C15H15N3O2S. The van der Waals surface area contributed by atoms with Gasteiger partial charge in [-0.1, -0.05) is 17.8 Å². The van der Waals surface area contributed by atoms with Gasteiger partial charge in [-0.2, -0.15) is 5.26 Å². The Morgan fingerprint density at radius 3 is 2.95 bits per heavy atom. The number of rotatable bonds is 5. The summed E-state index contributed by atoms with van der Waals surface area (Å²) in [4.78, 5) is 16.1. The topological polar surface area (TPSA) is 78.9 Å². The molecule has 0 bridgehead atoms. The number of nitrogens with zero attached hydrogens (tertiary/aromatic N) is 2. The van der Waals surface area contributed by atoms with E-state index in [0.29, 0.717) is 28.6 Å². The lowest BCUT2D eigenvalue weighted by Crippen LogP contribution is -2.12. The second-order valence-electron chi connectivity index (χ2n) is 4.46. The Labute approximate surface area is 127 Å². The fourth-order valence-corrected chi connectivity index (χ4v) is 2.47. The van der Waals surface area contributed by atoms with Crippen molar-refractivity contribution in [3.8, 4) is 6.07 Å². The quantitative estimate of drug-likeness (QED) is 0.857.